The van der Waals surface area contributed by atoms with E-state index in [4.69, 9.17) is 4.99 Å². The van der Waals surface area contributed by atoms with Crippen molar-refractivity contribution in [2.45, 2.75) is 52.2 Å². The Labute approximate surface area is 155 Å². The monoisotopic (exact) mass is 355 g/mol. The van der Waals surface area contributed by atoms with Gasteiger partial charge < -0.3 is 15.7 Å². The fourth-order valence-corrected chi connectivity index (χ4v) is 3.24. The number of nitrogens with zero attached hydrogens (tertiary/aromatic N) is 3. The molecule has 1 heterocycles. The third-order valence-electron chi connectivity index (χ3n) is 4.85. The summed E-state index contributed by atoms with van der Waals surface area (Å²) in [6.07, 6.45) is 2.82. The summed E-state index contributed by atoms with van der Waals surface area (Å²) in [5.41, 5.74) is 3.70. The van der Waals surface area contributed by atoms with Crippen LogP contribution in [0.3, 0.4) is 0 Å². The molecule has 0 amide bonds. The number of hydrogen-bond acceptors (Lipinski definition) is 3. The highest BCUT2D eigenvalue weighted by molar-refractivity contribution is 5.79. The first kappa shape index (κ1) is 18.5. The molecule has 0 atom stereocenters. The number of nitrogens with one attached hydrogen (secondary N) is 2. The van der Waals surface area contributed by atoms with E-state index in [-0.39, 0.29) is 0 Å². The van der Waals surface area contributed by atoms with Gasteiger partial charge in [-0.3, -0.25) is 0 Å². The number of aryl methyl sites for hydroxylation is 2. The molecule has 6 nitrogen and oxygen atoms in total. The molecule has 0 aliphatic heterocycles. The summed E-state index contributed by atoms with van der Waals surface area (Å²) in [6.45, 7) is 7.97. The lowest BCUT2D eigenvalue weighted by atomic mass is 9.80. The third kappa shape index (κ3) is 4.25. The summed E-state index contributed by atoms with van der Waals surface area (Å²) in [5, 5.41) is 21.4. The topological polar surface area (TPSA) is 74.5 Å². The first-order chi connectivity index (χ1) is 12.5. The van der Waals surface area contributed by atoms with E-state index in [1.807, 2.05) is 30.7 Å². The quantitative estimate of drug-likeness (QED) is 0.550. The molecule has 3 rings (SSSR count). The van der Waals surface area contributed by atoms with Crippen molar-refractivity contribution in [3.8, 4) is 5.69 Å². The normalized spacial score (nSPS) is 16.2. The van der Waals surface area contributed by atoms with Crippen LogP contribution in [-0.2, 0) is 6.54 Å². The zero-order valence-electron chi connectivity index (χ0n) is 15.9. The number of aliphatic hydroxyl groups is 1. The molecule has 1 aromatic heterocycles. The van der Waals surface area contributed by atoms with Crippen LogP contribution in [0.1, 0.15) is 43.1 Å². The number of benzene rings is 1. The largest absolute Gasteiger partial charge is 0.388 e. The predicted molar refractivity (Wildman–Crippen MR) is 105 cm³/mol. The Hall–Kier alpha value is -2.34. The molecule has 1 aliphatic carbocycles. The van der Waals surface area contributed by atoms with Crippen molar-refractivity contribution in [3.63, 3.8) is 0 Å². The smallest absolute Gasteiger partial charge is 0.191 e. The number of guanidine groups is 1. The maximum atomic E-state index is 10.3. The standard InChI is InChI=1S/C20H29N5O/c1-4-21-19(23-14-20(26)10-7-11-20)22-13-17-8-5-6-9-18(17)25-16(3)12-15(2)24-25/h5-6,8-9,12,26H,4,7,10-11,13-14H2,1-3H3,(H2,21,22,23). The Balaban J connectivity index is 1.76. The Morgan fingerprint density at radius 2 is 2.04 bits per heavy atom. The van der Waals surface area contributed by atoms with E-state index in [1.54, 1.807) is 0 Å². The summed E-state index contributed by atoms with van der Waals surface area (Å²) in [5.74, 6) is 0.732. The summed E-state index contributed by atoms with van der Waals surface area (Å²) in [7, 11) is 0. The van der Waals surface area contributed by atoms with Gasteiger partial charge in [-0.25, -0.2) is 9.67 Å². The second-order valence-corrected chi connectivity index (χ2v) is 7.09. The minimum Gasteiger partial charge on any atom is -0.388 e. The Bertz CT molecular complexity index is 776. The lowest BCUT2D eigenvalue weighted by Gasteiger charge is -2.37. The number of rotatable bonds is 6. The summed E-state index contributed by atoms with van der Waals surface area (Å²) >= 11 is 0. The van der Waals surface area contributed by atoms with E-state index >= 15 is 0 Å². The highest BCUT2D eigenvalue weighted by atomic mass is 16.3. The fourth-order valence-electron chi connectivity index (χ4n) is 3.24. The SMILES string of the molecule is CCNC(=NCc1ccccc1-n1nc(C)cc1C)NCC1(O)CCC1. The van der Waals surface area contributed by atoms with Gasteiger partial charge in [-0.1, -0.05) is 18.2 Å². The van der Waals surface area contributed by atoms with Gasteiger partial charge in [0.2, 0.25) is 0 Å². The first-order valence-electron chi connectivity index (χ1n) is 9.37. The predicted octanol–water partition coefficient (Wildman–Crippen LogP) is 2.46. The summed E-state index contributed by atoms with van der Waals surface area (Å²) in [4.78, 5) is 4.71. The van der Waals surface area contributed by atoms with Gasteiger partial charge in [0.25, 0.3) is 0 Å². The third-order valence-corrected chi connectivity index (χ3v) is 4.85. The Morgan fingerprint density at radius 1 is 1.27 bits per heavy atom. The van der Waals surface area contributed by atoms with Gasteiger partial charge in [0, 0.05) is 18.8 Å². The van der Waals surface area contributed by atoms with Crippen LogP contribution in [-0.4, -0.2) is 39.5 Å². The second kappa shape index (κ2) is 7.91. The molecular formula is C20H29N5O. The molecule has 26 heavy (non-hydrogen) atoms. The van der Waals surface area contributed by atoms with E-state index < -0.39 is 5.60 Å². The lowest BCUT2D eigenvalue weighted by Crippen LogP contribution is -2.50. The number of aliphatic imine (C=N–C) groups is 1. The molecule has 1 fully saturated rings. The minimum absolute atomic E-state index is 0.540. The number of para-hydroxylation sites is 1. The van der Waals surface area contributed by atoms with Gasteiger partial charge in [-0.05, 0) is 57.7 Å². The van der Waals surface area contributed by atoms with Gasteiger partial charge in [-0.2, -0.15) is 5.10 Å². The van der Waals surface area contributed by atoms with E-state index in [2.05, 4.69) is 40.9 Å². The summed E-state index contributed by atoms with van der Waals surface area (Å²) in [6, 6.07) is 10.3. The maximum absolute atomic E-state index is 10.3. The van der Waals surface area contributed by atoms with Crippen molar-refractivity contribution in [1.29, 1.82) is 0 Å². The fraction of sp³-hybridized carbons (Fsp3) is 0.500. The van der Waals surface area contributed by atoms with Crippen molar-refractivity contribution in [2.24, 2.45) is 4.99 Å². The molecule has 2 aromatic rings. The van der Waals surface area contributed by atoms with E-state index in [0.29, 0.717) is 13.1 Å². The molecule has 1 aliphatic rings. The van der Waals surface area contributed by atoms with Crippen LogP contribution in [0.15, 0.2) is 35.3 Å². The molecule has 0 radical (unpaired) electrons. The molecule has 1 aromatic carbocycles. The van der Waals surface area contributed by atoms with Crippen molar-refractivity contribution in [3.05, 3.63) is 47.3 Å². The van der Waals surface area contributed by atoms with Gasteiger partial charge in [0.15, 0.2) is 5.96 Å². The van der Waals surface area contributed by atoms with Crippen LogP contribution in [0.4, 0.5) is 0 Å². The average molecular weight is 355 g/mol. The molecule has 3 N–H and O–H groups in total. The van der Waals surface area contributed by atoms with E-state index in [0.717, 1.165) is 54.4 Å². The summed E-state index contributed by atoms with van der Waals surface area (Å²) < 4.78 is 1.97. The van der Waals surface area contributed by atoms with Gasteiger partial charge >= 0.3 is 0 Å². The molecule has 0 bridgehead atoms. The first-order valence-corrected chi connectivity index (χ1v) is 9.37. The van der Waals surface area contributed by atoms with Crippen molar-refractivity contribution in [2.75, 3.05) is 13.1 Å². The van der Waals surface area contributed by atoms with Crippen molar-refractivity contribution >= 4 is 5.96 Å². The average Bonchev–Trinajstić information content (AvgIpc) is 2.94. The van der Waals surface area contributed by atoms with Crippen LogP contribution >= 0.6 is 0 Å². The van der Waals surface area contributed by atoms with Crippen LogP contribution in [0.25, 0.3) is 5.69 Å². The zero-order chi connectivity index (χ0) is 18.6. The highest BCUT2D eigenvalue weighted by Crippen LogP contribution is 2.30. The van der Waals surface area contributed by atoms with E-state index in [9.17, 15) is 5.11 Å². The molecule has 0 unspecified atom stereocenters. The van der Waals surface area contributed by atoms with Crippen molar-refractivity contribution in [1.82, 2.24) is 20.4 Å². The molecule has 6 heteroatoms. The van der Waals surface area contributed by atoms with Crippen LogP contribution in [0, 0.1) is 13.8 Å². The molecule has 140 valence electrons. The van der Waals surface area contributed by atoms with Gasteiger partial charge in [-0.15, -0.1) is 0 Å². The van der Waals surface area contributed by atoms with Gasteiger partial charge in [0.1, 0.15) is 0 Å². The minimum atomic E-state index is -0.572. The lowest BCUT2D eigenvalue weighted by molar-refractivity contribution is -0.0279. The van der Waals surface area contributed by atoms with Crippen LogP contribution < -0.4 is 10.6 Å². The molecule has 0 saturated heterocycles. The molecule has 0 spiro atoms. The van der Waals surface area contributed by atoms with Crippen LogP contribution in [0.2, 0.25) is 0 Å². The van der Waals surface area contributed by atoms with Gasteiger partial charge in [0.05, 0.1) is 23.5 Å². The van der Waals surface area contributed by atoms with Crippen LogP contribution in [0.5, 0.6) is 0 Å². The van der Waals surface area contributed by atoms with E-state index in [1.165, 1.54) is 0 Å². The highest BCUT2D eigenvalue weighted by Gasteiger charge is 2.34. The van der Waals surface area contributed by atoms with Crippen molar-refractivity contribution < 1.29 is 5.11 Å². The Morgan fingerprint density at radius 3 is 2.65 bits per heavy atom. The second-order valence-electron chi connectivity index (χ2n) is 7.09. The molecule has 1 saturated carbocycles. The Kier molecular flexibility index (Phi) is 5.61. The number of aromatic nitrogens is 2. The molecular weight excluding hydrogens is 326 g/mol. The zero-order valence-corrected chi connectivity index (χ0v) is 15.9. The number of hydrogen-bond donors (Lipinski definition) is 3. The maximum Gasteiger partial charge on any atom is 0.191 e.